The Morgan fingerprint density at radius 3 is 2.61 bits per heavy atom. The van der Waals surface area contributed by atoms with E-state index in [0.717, 1.165) is 6.42 Å². The van der Waals surface area contributed by atoms with Crippen LogP contribution in [0, 0.1) is 5.92 Å². The molecule has 18 heavy (non-hydrogen) atoms. The van der Waals surface area contributed by atoms with Crippen LogP contribution in [0.15, 0.2) is 0 Å². The van der Waals surface area contributed by atoms with Crippen molar-refractivity contribution < 1.29 is 23.9 Å². The minimum atomic E-state index is -0.606. The van der Waals surface area contributed by atoms with Crippen LogP contribution in [-0.4, -0.2) is 42.9 Å². The highest BCUT2D eigenvalue weighted by atomic mass is 32.2. The van der Waals surface area contributed by atoms with E-state index in [1.165, 1.54) is 26.0 Å². The normalized spacial score (nSPS) is 22.9. The van der Waals surface area contributed by atoms with E-state index in [0.29, 0.717) is 25.0 Å². The summed E-state index contributed by atoms with van der Waals surface area (Å²) < 4.78 is 9.12. The van der Waals surface area contributed by atoms with Crippen molar-refractivity contribution in [3.8, 4) is 0 Å². The molecular weight excluding hydrogens is 256 g/mol. The molecule has 1 aliphatic heterocycles. The third kappa shape index (κ3) is 4.01. The SMILES string of the molecule is COC(=O)CCCCC1SCC(C(=O)OC)C1=O. The molecule has 2 unspecified atom stereocenters. The summed E-state index contributed by atoms with van der Waals surface area (Å²) in [5.74, 6) is -0.805. The van der Waals surface area contributed by atoms with E-state index < -0.39 is 11.9 Å². The van der Waals surface area contributed by atoms with E-state index in [-0.39, 0.29) is 17.0 Å². The van der Waals surface area contributed by atoms with Crippen molar-refractivity contribution >= 4 is 29.5 Å². The number of rotatable bonds is 6. The molecule has 0 N–H and O–H groups in total. The van der Waals surface area contributed by atoms with E-state index in [1.54, 1.807) is 0 Å². The zero-order valence-electron chi connectivity index (χ0n) is 10.6. The number of Topliss-reactive ketones (excluding diaryl/α,β-unsaturated/α-hetero) is 1. The van der Waals surface area contributed by atoms with Gasteiger partial charge < -0.3 is 9.47 Å². The monoisotopic (exact) mass is 274 g/mol. The zero-order chi connectivity index (χ0) is 13.5. The summed E-state index contributed by atoms with van der Waals surface area (Å²) in [6, 6.07) is 0. The highest BCUT2D eigenvalue weighted by Crippen LogP contribution is 2.32. The number of ketones is 1. The van der Waals surface area contributed by atoms with Gasteiger partial charge in [-0.25, -0.2) is 0 Å². The largest absolute Gasteiger partial charge is 0.469 e. The maximum Gasteiger partial charge on any atom is 0.317 e. The number of thioether (sulfide) groups is 1. The molecule has 1 heterocycles. The molecule has 0 aromatic heterocycles. The van der Waals surface area contributed by atoms with Gasteiger partial charge in [-0.2, -0.15) is 0 Å². The fourth-order valence-corrected chi connectivity index (χ4v) is 3.24. The van der Waals surface area contributed by atoms with Gasteiger partial charge in [0.2, 0.25) is 0 Å². The first-order chi connectivity index (χ1) is 8.60. The quantitative estimate of drug-likeness (QED) is 0.412. The van der Waals surface area contributed by atoms with Crippen LogP contribution in [0.25, 0.3) is 0 Å². The van der Waals surface area contributed by atoms with Crippen molar-refractivity contribution in [2.45, 2.75) is 30.9 Å². The van der Waals surface area contributed by atoms with Crippen LogP contribution in [-0.2, 0) is 23.9 Å². The third-order valence-electron chi connectivity index (χ3n) is 2.94. The number of carbonyl (C=O) groups excluding carboxylic acids is 3. The van der Waals surface area contributed by atoms with Crippen LogP contribution >= 0.6 is 11.8 Å². The first-order valence-corrected chi connectivity index (χ1v) is 6.95. The predicted molar refractivity (Wildman–Crippen MR) is 67.2 cm³/mol. The Kier molecular flexibility index (Phi) is 6.18. The number of carbonyl (C=O) groups is 3. The molecule has 0 spiro atoms. The fourth-order valence-electron chi connectivity index (χ4n) is 1.85. The molecule has 102 valence electrons. The average molecular weight is 274 g/mol. The van der Waals surface area contributed by atoms with Crippen LogP contribution in [0.4, 0.5) is 0 Å². The first-order valence-electron chi connectivity index (χ1n) is 5.90. The van der Waals surface area contributed by atoms with Crippen molar-refractivity contribution in [3.63, 3.8) is 0 Å². The lowest BCUT2D eigenvalue weighted by molar-refractivity contribution is -0.148. The van der Waals surface area contributed by atoms with Crippen molar-refractivity contribution in [1.29, 1.82) is 0 Å². The second kappa shape index (κ2) is 7.41. The summed E-state index contributed by atoms with van der Waals surface area (Å²) in [7, 11) is 2.66. The predicted octanol–water partition coefficient (Wildman–Crippen LogP) is 1.19. The summed E-state index contributed by atoms with van der Waals surface area (Å²) >= 11 is 1.50. The molecule has 0 aromatic carbocycles. The minimum absolute atomic E-state index is 0.0371. The van der Waals surface area contributed by atoms with Gasteiger partial charge in [0, 0.05) is 12.2 Å². The van der Waals surface area contributed by atoms with Gasteiger partial charge in [0.25, 0.3) is 0 Å². The van der Waals surface area contributed by atoms with Crippen molar-refractivity contribution in [1.82, 2.24) is 0 Å². The van der Waals surface area contributed by atoms with Gasteiger partial charge in [0.1, 0.15) is 5.92 Å². The lowest BCUT2D eigenvalue weighted by Crippen LogP contribution is -2.26. The molecule has 1 fully saturated rings. The number of unbranched alkanes of at least 4 members (excludes halogenated alkanes) is 1. The molecule has 0 aromatic rings. The number of hydrogen-bond donors (Lipinski definition) is 0. The summed E-state index contributed by atoms with van der Waals surface area (Å²) in [6.45, 7) is 0. The van der Waals surface area contributed by atoms with Crippen LogP contribution in [0.2, 0.25) is 0 Å². The molecule has 5 nitrogen and oxygen atoms in total. The van der Waals surface area contributed by atoms with Crippen molar-refractivity contribution in [3.05, 3.63) is 0 Å². The van der Waals surface area contributed by atoms with Crippen molar-refractivity contribution in [2.24, 2.45) is 5.92 Å². The molecule has 0 bridgehead atoms. The molecule has 0 saturated carbocycles. The maximum absolute atomic E-state index is 11.9. The Labute approximate surface area is 111 Å². The lowest BCUT2D eigenvalue weighted by atomic mass is 10.0. The molecule has 0 amide bonds. The van der Waals surface area contributed by atoms with Crippen molar-refractivity contribution in [2.75, 3.05) is 20.0 Å². The Morgan fingerprint density at radius 2 is 2.00 bits per heavy atom. The van der Waals surface area contributed by atoms with Crippen LogP contribution in [0.1, 0.15) is 25.7 Å². The van der Waals surface area contributed by atoms with Gasteiger partial charge in [-0.05, 0) is 12.8 Å². The number of methoxy groups -OCH3 is 2. The number of esters is 2. The minimum Gasteiger partial charge on any atom is -0.469 e. The molecular formula is C12H18O5S. The standard InChI is InChI=1S/C12H18O5S/c1-16-10(13)6-4-3-5-9-11(14)8(7-18-9)12(15)17-2/h8-9H,3-7H2,1-2H3. The average Bonchev–Trinajstić information content (AvgIpc) is 2.75. The maximum atomic E-state index is 11.9. The summed E-state index contributed by atoms with van der Waals surface area (Å²) in [5.41, 5.74) is 0. The molecule has 1 saturated heterocycles. The lowest BCUT2D eigenvalue weighted by Gasteiger charge is -2.08. The molecule has 6 heteroatoms. The number of ether oxygens (including phenoxy) is 2. The van der Waals surface area contributed by atoms with Gasteiger partial charge >= 0.3 is 11.9 Å². The van der Waals surface area contributed by atoms with E-state index in [2.05, 4.69) is 9.47 Å². The van der Waals surface area contributed by atoms with E-state index in [4.69, 9.17) is 0 Å². The summed E-state index contributed by atoms with van der Waals surface area (Å²) in [5, 5.41) is -0.133. The molecule has 0 radical (unpaired) electrons. The second-order valence-corrected chi connectivity index (χ2v) is 5.36. The topological polar surface area (TPSA) is 69.7 Å². The van der Waals surface area contributed by atoms with E-state index in [9.17, 15) is 14.4 Å². The van der Waals surface area contributed by atoms with Gasteiger partial charge in [0.05, 0.1) is 19.5 Å². The zero-order valence-corrected chi connectivity index (χ0v) is 11.5. The van der Waals surface area contributed by atoms with Gasteiger partial charge in [-0.3, -0.25) is 14.4 Å². The van der Waals surface area contributed by atoms with E-state index >= 15 is 0 Å². The Balaban J connectivity index is 2.26. The molecule has 1 rings (SSSR count). The van der Waals surface area contributed by atoms with Gasteiger partial charge in [0.15, 0.2) is 5.78 Å². The second-order valence-electron chi connectivity index (χ2n) is 4.12. The highest BCUT2D eigenvalue weighted by Gasteiger charge is 2.39. The molecule has 0 aliphatic carbocycles. The highest BCUT2D eigenvalue weighted by molar-refractivity contribution is 8.01. The Morgan fingerprint density at radius 1 is 1.28 bits per heavy atom. The number of hydrogen-bond acceptors (Lipinski definition) is 6. The summed E-state index contributed by atoms with van der Waals surface area (Å²) in [6.07, 6.45) is 2.57. The molecule has 2 atom stereocenters. The van der Waals surface area contributed by atoms with Gasteiger partial charge in [-0.15, -0.1) is 11.8 Å². The fraction of sp³-hybridized carbons (Fsp3) is 0.750. The molecule has 1 aliphatic rings. The van der Waals surface area contributed by atoms with Gasteiger partial charge in [-0.1, -0.05) is 6.42 Å². The first kappa shape index (κ1) is 15.0. The third-order valence-corrected chi connectivity index (χ3v) is 4.33. The Bertz CT molecular complexity index is 328. The Hall–Kier alpha value is -1.04. The summed E-state index contributed by atoms with van der Waals surface area (Å²) in [4.78, 5) is 34.1. The van der Waals surface area contributed by atoms with Crippen LogP contribution < -0.4 is 0 Å². The smallest absolute Gasteiger partial charge is 0.317 e. The van der Waals surface area contributed by atoms with E-state index in [1.807, 2.05) is 0 Å². The van der Waals surface area contributed by atoms with Crippen LogP contribution in [0.5, 0.6) is 0 Å². The van der Waals surface area contributed by atoms with Crippen LogP contribution in [0.3, 0.4) is 0 Å².